The third kappa shape index (κ3) is 5.43. The van der Waals surface area contributed by atoms with Gasteiger partial charge in [0, 0.05) is 23.6 Å². The molecule has 1 aromatic heterocycles. The predicted octanol–water partition coefficient (Wildman–Crippen LogP) is 1.85. The minimum Gasteiger partial charge on any atom is -0.290 e. The van der Waals surface area contributed by atoms with Crippen molar-refractivity contribution < 1.29 is 18.0 Å². The molecule has 13 heteroatoms. The fourth-order valence-corrected chi connectivity index (χ4v) is 5.84. The number of rotatable bonds is 6. The fourth-order valence-electron chi connectivity index (χ4n) is 3.26. The van der Waals surface area contributed by atoms with Gasteiger partial charge in [0.1, 0.15) is 5.71 Å². The van der Waals surface area contributed by atoms with Crippen LogP contribution in [0.4, 0.5) is 5.95 Å². The number of aromatic nitrogens is 3. The van der Waals surface area contributed by atoms with Crippen molar-refractivity contribution in [1.29, 1.82) is 0 Å². The molecular formula is C18H19ClN6O4S2. The normalized spacial score (nSPS) is 20.5. The number of anilines is 1. The maximum absolute atomic E-state index is 12.6. The SMILES string of the molecule is O=C(Nc1nc(SCc2ccc(Cl)cc2)n[nH]1)C1=NN([C@H]2CCS(=O)(=O)C2)C(=O)CC1. The standard InChI is InChI=1S/C18H19ClN6O4S2/c19-12-3-1-11(2-4-12)9-30-18-21-17(22-23-18)20-16(27)14-5-6-15(26)25(24-14)13-7-8-31(28,29)10-13/h1-4,13H,5-10H2,(H2,20,21,22,23,27)/t13-/m0/s1. The van der Waals surface area contributed by atoms with Crippen LogP contribution in [0.3, 0.4) is 0 Å². The zero-order valence-electron chi connectivity index (χ0n) is 16.2. The zero-order chi connectivity index (χ0) is 22.0. The summed E-state index contributed by atoms with van der Waals surface area (Å²) < 4.78 is 23.4. The molecule has 1 aromatic carbocycles. The van der Waals surface area contributed by atoms with E-state index in [1.165, 1.54) is 11.8 Å². The van der Waals surface area contributed by atoms with Crippen LogP contribution in [0.1, 0.15) is 24.8 Å². The van der Waals surface area contributed by atoms with Crippen LogP contribution in [-0.4, -0.2) is 63.7 Å². The highest BCUT2D eigenvalue weighted by Crippen LogP contribution is 2.23. The Labute approximate surface area is 187 Å². The second-order valence-electron chi connectivity index (χ2n) is 7.18. The molecule has 2 aliphatic heterocycles. The number of nitrogens with one attached hydrogen (secondary N) is 2. The number of hydrogen-bond acceptors (Lipinski definition) is 8. The van der Waals surface area contributed by atoms with Crippen molar-refractivity contribution in [3.63, 3.8) is 0 Å². The molecule has 4 rings (SSSR count). The molecule has 2 N–H and O–H groups in total. The Morgan fingerprint density at radius 2 is 2.06 bits per heavy atom. The summed E-state index contributed by atoms with van der Waals surface area (Å²) in [6.07, 6.45) is 0.594. The first-order valence-corrected chi connectivity index (χ1v) is 12.7. The highest BCUT2D eigenvalue weighted by Gasteiger charge is 2.37. The maximum atomic E-state index is 12.6. The van der Waals surface area contributed by atoms with Gasteiger partial charge in [-0.15, -0.1) is 5.10 Å². The Balaban J connectivity index is 1.37. The lowest BCUT2D eigenvalue weighted by Gasteiger charge is -2.27. The number of amides is 2. The number of benzene rings is 1. The van der Waals surface area contributed by atoms with Gasteiger partial charge in [0.2, 0.25) is 17.0 Å². The van der Waals surface area contributed by atoms with Crippen LogP contribution in [0.2, 0.25) is 5.02 Å². The van der Waals surface area contributed by atoms with Gasteiger partial charge >= 0.3 is 0 Å². The van der Waals surface area contributed by atoms with E-state index in [4.69, 9.17) is 11.6 Å². The summed E-state index contributed by atoms with van der Waals surface area (Å²) in [5, 5.41) is 15.7. The van der Waals surface area contributed by atoms with Gasteiger partial charge in [0.05, 0.1) is 17.5 Å². The number of carbonyl (C=O) groups excluding carboxylic acids is 2. The van der Waals surface area contributed by atoms with E-state index in [9.17, 15) is 18.0 Å². The van der Waals surface area contributed by atoms with E-state index in [0.29, 0.717) is 22.4 Å². The minimum atomic E-state index is -3.18. The smallest absolute Gasteiger partial charge is 0.274 e. The summed E-state index contributed by atoms with van der Waals surface area (Å²) in [5.41, 5.74) is 1.20. The van der Waals surface area contributed by atoms with E-state index >= 15 is 0 Å². The number of sulfone groups is 1. The lowest BCUT2D eigenvalue weighted by Crippen LogP contribution is -2.42. The molecule has 1 atom stereocenters. The highest BCUT2D eigenvalue weighted by atomic mass is 35.5. The Hall–Kier alpha value is -2.44. The van der Waals surface area contributed by atoms with E-state index < -0.39 is 21.8 Å². The van der Waals surface area contributed by atoms with Gasteiger partial charge < -0.3 is 0 Å². The number of thioether (sulfide) groups is 1. The number of hydrogen-bond donors (Lipinski definition) is 2. The van der Waals surface area contributed by atoms with E-state index in [-0.39, 0.29) is 41.9 Å². The molecule has 3 heterocycles. The monoisotopic (exact) mass is 482 g/mol. The molecule has 0 bridgehead atoms. The van der Waals surface area contributed by atoms with E-state index in [1.807, 2.05) is 12.1 Å². The van der Waals surface area contributed by atoms with Crippen LogP contribution in [-0.2, 0) is 25.2 Å². The van der Waals surface area contributed by atoms with Gasteiger partial charge in [0.25, 0.3) is 5.91 Å². The third-order valence-corrected chi connectivity index (χ3v) is 7.77. The molecule has 0 saturated carbocycles. The first kappa shape index (κ1) is 21.8. The second kappa shape index (κ2) is 8.97. The van der Waals surface area contributed by atoms with Crippen molar-refractivity contribution in [3.05, 3.63) is 34.9 Å². The largest absolute Gasteiger partial charge is 0.290 e. The molecule has 10 nitrogen and oxygen atoms in total. The second-order valence-corrected chi connectivity index (χ2v) is 10.8. The molecule has 31 heavy (non-hydrogen) atoms. The molecule has 1 saturated heterocycles. The van der Waals surface area contributed by atoms with Crippen molar-refractivity contribution in [2.24, 2.45) is 5.10 Å². The number of nitrogens with zero attached hydrogens (tertiary/aromatic N) is 4. The molecule has 0 spiro atoms. The van der Waals surface area contributed by atoms with E-state index in [2.05, 4.69) is 25.6 Å². The molecule has 0 radical (unpaired) electrons. The summed E-state index contributed by atoms with van der Waals surface area (Å²) >= 11 is 7.27. The number of H-pyrrole nitrogens is 1. The first-order chi connectivity index (χ1) is 14.8. The van der Waals surface area contributed by atoms with Gasteiger partial charge in [-0.05, 0) is 24.1 Å². The van der Waals surface area contributed by atoms with Crippen LogP contribution >= 0.6 is 23.4 Å². The van der Waals surface area contributed by atoms with Crippen molar-refractivity contribution in [3.8, 4) is 0 Å². The van der Waals surface area contributed by atoms with Crippen molar-refractivity contribution in [1.82, 2.24) is 20.2 Å². The van der Waals surface area contributed by atoms with Crippen LogP contribution < -0.4 is 5.32 Å². The lowest BCUT2D eigenvalue weighted by molar-refractivity contribution is -0.133. The minimum absolute atomic E-state index is 0.0209. The molecule has 0 unspecified atom stereocenters. The van der Waals surface area contributed by atoms with Crippen molar-refractivity contribution >= 4 is 56.7 Å². The quantitative estimate of drug-likeness (QED) is 0.599. The Morgan fingerprint density at radius 1 is 1.29 bits per heavy atom. The summed E-state index contributed by atoms with van der Waals surface area (Å²) in [6, 6.07) is 6.91. The van der Waals surface area contributed by atoms with Gasteiger partial charge in [-0.3, -0.25) is 14.9 Å². The Kier molecular flexibility index (Phi) is 6.30. The molecule has 2 aromatic rings. The molecule has 2 aliphatic rings. The lowest BCUT2D eigenvalue weighted by atomic mass is 10.1. The Bertz CT molecular complexity index is 1130. The zero-order valence-corrected chi connectivity index (χ0v) is 18.6. The molecule has 164 valence electrons. The molecular weight excluding hydrogens is 464 g/mol. The van der Waals surface area contributed by atoms with Crippen molar-refractivity contribution in [2.45, 2.75) is 36.2 Å². The fraction of sp³-hybridized carbons (Fsp3) is 0.389. The maximum Gasteiger partial charge on any atom is 0.274 e. The predicted molar refractivity (Wildman–Crippen MR) is 117 cm³/mol. The highest BCUT2D eigenvalue weighted by molar-refractivity contribution is 7.98. The van der Waals surface area contributed by atoms with Crippen LogP contribution in [0.15, 0.2) is 34.5 Å². The average Bonchev–Trinajstić information content (AvgIpc) is 3.33. The first-order valence-electron chi connectivity index (χ1n) is 9.50. The van der Waals surface area contributed by atoms with Gasteiger partial charge in [-0.25, -0.2) is 18.5 Å². The average molecular weight is 483 g/mol. The van der Waals surface area contributed by atoms with Crippen LogP contribution in [0.25, 0.3) is 0 Å². The molecule has 0 aliphatic carbocycles. The van der Waals surface area contributed by atoms with E-state index in [1.54, 1.807) is 12.1 Å². The number of aromatic amines is 1. The van der Waals surface area contributed by atoms with Crippen LogP contribution in [0.5, 0.6) is 0 Å². The Morgan fingerprint density at radius 3 is 2.77 bits per heavy atom. The summed E-state index contributed by atoms with van der Waals surface area (Å²) in [7, 11) is -3.18. The number of hydrazone groups is 1. The summed E-state index contributed by atoms with van der Waals surface area (Å²) in [4.78, 5) is 29.0. The number of halogens is 1. The van der Waals surface area contributed by atoms with Gasteiger partial charge in [0.15, 0.2) is 9.84 Å². The molecule has 1 fully saturated rings. The summed E-state index contributed by atoms with van der Waals surface area (Å²) in [5.74, 6) is -0.0992. The van der Waals surface area contributed by atoms with Gasteiger partial charge in [-0.1, -0.05) is 35.5 Å². The topological polar surface area (TPSA) is 137 Å². The van der Waals surface area contributed by atoms with Crippen molar-refractivity contribution in [2.75, 3.05) is 16.8 Å². The number of carbonyl (C=O) groups is 2. The van der Waals surface area contributed by atoms with E-state index in [0.717, 1.165) is 10.6 Å². The summed E-state index contributed by atoms with van der Waals surface area (Å²) in [6.45, 7) is 0. The van der Waals surface area contributed by atoms with Gasteiger partial charge in [-0.2, -0.15) is 10.1 Å². The van der Waals surface area contributed by atoms with Crippen LogP contribution in [0, 0.1) is 0 Å². The molecule has 2 amide bonds. The third-order valence-electron chi connectivity index (χ3n) is 4.85.